The Morgan fingerprint density at radius 1 is 0.854 bits per heavy atom. The number of hydrogen-bond acceptors (Lipinski definition) is 6. The van der Waals surface area contributed by atoms with E-state index in [2.05, 4.69) is 111 Å². The first-order valence-electron chi connectivity index (χ1n) is 14.8. The number of rotatable bonds is 14. The van der Waals surface area contributed by atoms with Crippen LogP contribution in [0.3, 0.4) is 0 Å². The Morgan fingerprint density at radius 2 is 1.44 bits per heavy atom. The Hall–Kier alpha value is -1.72. The number of carbonyl (C=O) groups is 1. The Labute approximate surface area is 255 Å². The molecule has 0 aliphatic carbocycles. The topological polar surface area (TPSA) is 54.0 Å². The maximum Gasteiger partial charge on any atom is 0.305 e. The summed E-state index contributed by atoms with van der Waals surface area (Å²) in [4.78, 5) is 13.8. The quantitative estimate of drug-likeness (QED) is 0.156. The molecule has 0 radical (unpaired) electrons. The van der Waals surface area contributed by atoms with Gasteiger partial charge in [-0.15, -0.1) is 11.3 Å². The minimum atomic E-state index is -1.92. The molecule has 1 aromatic carbocycles. The number of hydrogen-bond donors (Lipinski definition) is 0. The highest BCUT2D eigenvalue weighted by atomic mass is 32.1. The molecule has 1 heterocycles. The lowest BCUT2D eigenvalue weighted by Crippen LogP contribution is -2.41. The van der Waals surface area contributed by atoms with Crippen LogP contribution in [0, 0.1) is 0 Å². The predicted molar refractivity (Wildman–Crippen MR) is 179 cm³/mol. The molecule has 0 unspecified atom stereocenters. The van der Waals surface area contributed by atoms with E-state index in [0.29, 0.717) is 32.7 Å². The fraction of sp³-hybridized carbons (Fsp3) is 0.606. The highest BCUT2D eigenvalue weighted by molar-refractivity contribution is 7.13. The van der Waals surface area contributed by atoms with Crippen LogP contribution in [0.5, 0.6) is 5.75 Å². The highest BCUT2D eigenvalue weighted by Gasteiger charge is 2.38. The monoisotopic (exact) mass is 618 g/mol. The first-order valence-corrected chi connectivity index (χ1v) is 21.4. The SMILES string of the molecule is CCC(=CCCC(=O)OC)c1ccc(COc2ccc(CO[Si](C)(C)C(C)(C)C)c(CO[Si](C)(C)C(C)(C)C)c2)s1. The van der Waals surface area contributed by atoms with E-state index < -0.39 is 16.6 Å². The van der Waals surface area contributed by atoms with E-state index in [9.17, 15) is 4.79 Å². The summed E-state index contributed by atoms with van der Waals surface area (Å²) in [5, 5.41) is 0.294. The predicted octanol–water partition coefficient (Wildman–Crippen LogP) is 10.1. The van der Waals surface area contributed by atoms with Gasteiger partial charge in [0.25, 0.3) is 0 Å². The summed E-state index contributed by atoms with van der Waals surface area (Å²) in [6.07, 6.45) is 4.15. The zero-order chi connectivity index (χ0) is 31.1. The van der Waals surface area contributed by atoms with E-state index in [4.69, 9.17) is 18.3 Å². The maximum atomic E-state index is 11.5. The molecule has 0 aliphatic rings. The average Bonchev–Trinajstić information content (AvgIpc) is 3.35. The molecule has 0 bridgehead atoms. The smallest absolute Gasteiger partial charge is 0.305 e. The van der Waals surface area contributed by atoms with Gasteiger partial charge in [-0.1, -0.05) is 60.6 Å². The van der Waals surface area contributed by atoms with E-state index in [1.165, 1.54) is 23.1 Å². The van der Waals surface area contributed by atoms with Crippen molar-refractivity contribution in [3.63, 3.8) is 0 Å². The summed E-state index contributed by atoms with van der Waals surface area (Å²) in [6.45, 7) is 26.6. The van der Waals surface area contributed by atoms with Crippen LogP contribution in [-0.2, 0) is 38.2 Å². The Bertz CT molecular complexity index is 1170. The van der Waals surface area contributed by atoms with E-state index in [-0.39, 0.29) is 16.0 Å². The van der Waals surface area contributed by atoms with Crippen molar-refractivity contribution in [2.45, 2.75) is 124 Å². The standard InChI is InChI=1S/C33H54O5SSi2/c1-13-25(15-14-16-31(34)35-8)30-20-19-29(39-30)24-36-28-18-17-26(22-37-40(9,10)32(2,3)4)27(21-28)23-38-41(11,12)33(5,6)7/h15,17-21H,13-14,16,22-24H2,1-12H3. The van der Waals surface area contributed by atoms with Crippen molar-refractivity contribution in [3.8, 4) is 5.75 Å². The maximum absolute atomic E-state index is 11.5. The van der Waals surface area contributed by atoms with Crippen molar-refractivity contribution < 1.29 is 23.1 Å². The molecule has 0 fully saturated rings. The lowest BCUT2D eigenvalue weighted by atomic mass is 10.1. The lowest BCUT2D eigenvalue weighted by molar-refractivity contribution is -0.140. The van der Waals surface area contributed by atoms with Gasteiger partial charge in [-0.25, -0.2) is 0 Å². The molecule has 8 heteroatoms. The number of benzene rings is 1. The zero-order valence-electron chi connectivity index (χ0n) is 27.7. The largest absolute Gasteiger partial charge is 0.488 e. The number of thiophene rings is 1. The Morgan fingerprint density at radius 3 is 1.98 bits per heavy atom. The molecule has 0 N–H and O–H groups in total. The minimum absolute atomic E-state index is 0.140. The van der Waals surface area contributed by atoms with E-state index in [1.807, 2.05) is 0 Å². The van der Waals surface area contributed by atoms with Gasteiger partial charge in [-0.3, -0.25) is 4.79 Å². The van der Waals surface area contributed by atoms with E-state index >= 15 is 0 Å². The molecule has 1 aromatic heterocycles. The average molecular weight is 619 g/mol. The summed E-state index contributed by atoms with van der Waals surface area (Å²) in [5.74, 6) is 0.665. The minimum Gasteiger partial charge on any atom is -0.488 e. The van der Waals surface area contributed by atoms with Gasteiger partial charge < -0.3 is 18.3 Å². The van der Waals surface area contributed by atoms with Crippen LogP contribution in [0.15, 0.2) is 36.4 Å². The van der Waals surface area contributed by atoms with Crippen molar-refractivity contribution in [2.24, 2.45) is 0 Å². The van der Waals surface area contributed by atoms with Crippen LogP contribution in [0.4, 0.5) is 0 Å². The van der Waals surface area contributed by atoms with Gasteiger partial charge in [0.2, 0.25) is 0 Å². The van der Waals surface area contributed by atoms with E-state index in [0.717, 1.165) is 22.6 Å². The first kappa shape index (κ1) is 35.5. The van der Waals surface area contributed by atoms with Crippen molar-refractivity contribution in [1.29, 1.82) is 0 Å². The molecular weight excluding hydrogens is 565 g/mol. The van der Waals surface area contributed by atoms with Crippen LogP contribution in [0.2, 0.25) is 36.3 Å². The van der Waals surface area contributed by atoms with Crippen LogP contribution in [0.1, 0.15) is 88.6 Å². The zero-order valence-corrected chi connectivity index (χ0v) is 30.5. The molecule has 2 rings (SSSR count). The fourth-order valence-electron chi connectivity index (χ4n) is 3.58. The van der Waals surface area contributed by atoms with Gasteiger partial charge in [0.05, 0.1) is 20.3 Å². The second-order valence-corrected chi connectivity index (χ2v) is 24.6. The highest BCUT2D eigenvalue weighted by Crippen LogP contribution is 2.39. The molecule has 41 heavy (non-hydrogen) atoms. The van der Waals surface area contributed by atoms with Crippen molar-refractivity contribution in [2.75, 3.05) is 7.11 Å². The van der Waals surface area contributed by atoms with Gasteiger partial charge in [0.15, 0.2) is 16.6 Å². The molecule has 0 saturated heterocycles. The number of esters is 1. The molecule has 0 aliphatic heterocycles. The third-order valence-electron chi connectivity index (χ3n) is 8.67. The van der Waals surface area contributed by atoms with Crippen molar-refractivity contribution in [1.82, 2.24) is 0 Å². The molecule has 230 valence electrons. The molecule has 0 atom stereocenters. The normalized spacial score (nSPS) is 13.4. The van der Waals surface area contributed by atoms with Gasteiger partial charge in [-0.05, 0) is 90.1 Å². The molecule has 0 spiro atoms. The Balaban J connectivity index is 2.20. The number of ether oxygens (including phenoxy) is 2. The molecule has 5 nitrogen and oxygen atoms in total. The van der Waals surface area contributed by atoms with Gasteiger partial charge in [-0.2, -0.15) is 0 Å². The summed E-state index contributed by atoms with van der Waals surface area (Å²) in [7, 11) is -2.38. The fourth-order valence-corrected chi connectivity index (χ4v) is 6.51. The number of carbonyl (C=O) groups excluding carboxylic acids is 1. The van der Waals surface area contributed by atoms with Crippen LogP contribution in [0.25, 0.3) is 5.57 Å². The van der Waals surface area contributed by atoms with Gasteiger partial charge in [0.1, 0.15) is 12.4 Å². The van der Waals surface area contributed by atoms with E-state index in [1.54, 1.807) is 11.3 Å². The second-order valence-electron chi connectivity index (χ2n) is 13.8. The third-order valence-corrected chi connectivity index (χ3v) is 18.8. The molecule has 0 amide bonds. The summed E-state index contributed by atoms with van der Waals surface area (Å²) < 4.78 is 24.3. The number of methoxy groups -OCH3 is 1. The van der Waals surface area contributed by atoms with Crippen LogP contribution < -0.4 is 4.74 Å². The van der Waals surface area contributed by atoms with Gasteiger partial charge >= 0.3 is 5.97 Å². The third kappa shape index (κ3) is 10.5. The van der Waals surface area contributed by atoms with Gasteiger partial charge in [0, 0.05) is 16.2 Å². The van der Waals surface area contributed by atoms with Crippen molar-refractivity contribution in [3.05, 3.63) is 57.3 Å². The first-order chi connectivity index (χ1) is 18.9. The second kappa shape index (κ2) is 14.6. The molecule has 0 saturated carbocycles. The molecule has 2 aromatic rings. The lowest BCUT2D eigenvalue weighted by Gasteiger charge is -2.37. The van der Waals surface area contributed by atoms with Crippen molar-refractivity contribution >= 4 is 39.5 Å². The Kier molecular flexibility index (Phi) is 12.7. The van der Waals surface area contributed by atoms with Crippen LogP contribution >= 0.6 is 11.3 Å². The summed E-state index contributed by atoms with van der Waals surface area (Å²) in [5.41, 5.74) is 3.56. The number of allylic oxidation sites excluding steroid dienone is 2. The molecular formula is C33H54O5SSi2. The van der Waals surface area contributed by atoms with Crippen LogP contribution in [-0.4, -0.2) is 29.7 Å². The summed E-state index contributed by atoms with van der Waals surface area (Å²) >= 11 is 1.74. The summed E-state index contributed by atoms with van der Waals surface area (Å²) in [6, 6.07) is 10.6.